The first-order valence-corrected chi connectivity index (χ1v) is 9.78. The van der Waals surface area contributed by atoms with E-state index < -0.39 is 0 Å². The normalized spacial score (nSPS) is 16.5. The molecule has 7 heteroatoms. The van der Waals surface area contributed by atoms with Crippen molar-refractivity contribution in [3.8, 4) is 0 Å². The highest BCUT2D eigenvalue weighted by atomic mass is 35.5. The third-order valence-corrected chi connectivity index (χ3v) is 5.71. The average molecular weight is 388 g/mol. The summed E-state index contributed by atoms with van der Waals surface area (Å²) in [7, 11) is 0. The van der Waals surface area contributed by atoms with E-state index in [1.165, 1.54) is 0 Å². The molecule has 1 aliphatic heterocycles. The van der Waals surface area contributed by atoms with Gasteiger partial charge in [0.2, 0.25) is 0 Å². The van der Waals surface area contributed by atoms with Gasteiger partial charge < -0.3 is 14.5 Å². The smallest absolute Gasteiger partial charge is 0.409 e. The van der Waals surface area contributed by atoms with Crippen LogP contribution in [0, 0.1) is 0 Å². The molecule has 0 N–H and O–H groups in total. The highest BCUT2D eigenvalue weighted by Gasteiger charge is 2.26. The molecule has 1 fully saturated rings. The van der Waals surface area contributed by atoms with Crippen molar-refractivity contribution in [2.75, 3.05) is 32.8 Å². The number of fused-ring (bicyclic) bond motifs is 2. The zero-order valence-corrected chi connectivity index (χ0v) is 16.1. The summed E-state index contributed by atoms with van der Waals surface area (Å²) < 4.78 is 5.02. The summed E-state index contributed by atoms with van der Waals surface area (Å²) in [4.78, 5) is 32.8. The molecule has 4 rings (SSSR count). The molecule has 0 unspecified atom stereocenters. The maximum absolute atomic E-state index is 12.9. The number of pyridine rings is 1. The quantitative estimate of drug-likeness (QED) is 0.793. The average Bonchev–Trinajstić information content (AvgIpc) is 3.16. The molecule has 0 spiro atoms. The molecule has 0 saturated carbocycles. The molecular formula is C20H22ClN3O3. The van der Waals surface area contributed by atoms with Crippen LogP contribution in [-0.4, -0.2) is 59.6 Å². The Morgan fingerprint density at radius 2 is 1.89 bits per heavy atom. The van der Waals surface area contributed by atoms with E-state index >= 15 is 0 Å². The lowest BCUT2D eigenvalue weighted by atomic mass is 10.1. The minimum absolute atomic E-state index is 0.0428. The fourth-order valence-corrected chi connectivity index (χ4v) is 4.19. The predicted molar refractivity (Wildman–Crippen MR) is 103 cm³/mol. The molecule has 1 saturated heterocycles. The molecule has 2 aliphatic rings. The molecule has 1 aromatic heterocycles. The van der Waals surface area contributed by atoms with E-state index in [1.54, 1.807) is 16.7 Å². The minimum Gasteiger partial charge on any atom is -0.450 e. The summed E-state index contributed by atoms with van der Waals surface area (Å²) >= 11 is 6.55. The Hall–Kier alpha value is -2.34. The number of aromatic nitrogens is 1. The van der Waals surface area contributed by atoms with Crippen molar-refractivity contribution in [2.24, 2.45) is 0 Å². The highest BCUT2D eigenvalue weighted by Crippen LogP contribution is 2.34. The van der Waals surface area contributed by atoms with Crippen molar-refractivity contribution in [1.82, 2.24) is 14.8 Å². The monoisotopic (exact) mass is 387 g/mol. The van der Waals surface area contributed by atoms with Gasteiger partial charge in [-0.15, -0.1) is 0 Å². The third kappa shape index (κ3) is 3.34. The molecular weight excluding hydrogens is 366 g/mol. The Morgan fingerprint density at radius 3 is 2.63 bits per heavy atom. The summed E-state index contributed by atoms with van der Waals surface area (Å²) in [6.07, 6.45) is 2.68. The van der Waals surface area contributed by atoms with Gasteiger partial charge in [-0.25, -0.2) is 4.79 Å². The van der Waals surface area contributed by atoms with E-state index in [9.17, 15) is 9.59 Å². The Labute approximate surface area is 163 Å². The van der Waals surface area contributed by atoms with Crippen LogP contribution >= 0.6 is 11.6 Å². The van der Waals surface area contributed by atoms with Crippen molar-refractivity contribution in [3.05, 3.63) is 40.0 Å². The molecule has 0 radical (unpaired) electrons. The van der Waals surface area contributed by atoms with Gasteiger partial charge in [-0.2, -0.15) is 0 Å². The van der Waals surface area contributed by atoms with E-state index in [4.69, 9.17) is 21.3 Å². The van der Waals surface area contributed by atoms with Gasteiger partial charge in [0.15, 0.2) is 0 Å². The van der Waals surface area contributed by atoms with Gasteiger partial charge in [-0.1, -0.05) is 17.7 Å². The van der Waals surface area contributed by atoms with E-state index in [0.717, 1.165) is 46.4 Å². The minimum atomic E-state index is -0.317. The summed E-state index contributed by atoms with van der Waals surface area (Å²) in [5.41, 5.74) is 3.59. The largest absolute Gasteiger partial charge is 0.450 e. The number of nitrogens with zero attached hydrogens (tertiary/aromatic N) is 3. The van der Waals surface area contributed by atoms with Gasteiger partial charge in [0.05, 0.1) is 17.1 Å². The molecule has 1 aromatic carbocycles. The summed E-state index contributed by atoms with van der Waals surface area (Å²) in [5.74, 6) is -0.0428. The number of hydrogen-bond donors (Lipinski definition) is 0. The van der Waals surface area contributed by atoms with Crippen molar-refractivity contribution in [3.63, 3.8) is 0 Å². The number of aryl methyl sites for hydroxylation is 1. The van der Waals surface area contributed by atoms with Crippen LogP contribution in [0.4, 0.5) is 4.79 Å². The standard InChI is InChI=1S/C20H22ClN3O3/c1-2-27-20(26)24-10-8-23(9-11-24)19(25)13-6-7-15-17(12-13)22-16-5-3-4-14(16)18(15)21/h6-7,12H,2-5,8-11H2,1H3. The second kappa shape index (κ2) is 7.35. The second-order valence-corrected chi connectivity index (χ2v) is 7.29. The second-order valence-electron chi connectivity index (χ2n) is 6.91. The summed E-state index contributed by atoms with van der Waals surface area (Å²) in [6.45, 7) is 4.09. The number of piperazine rings is 1. The van der Waals surface area contributed by atoms with Crippen LogP contribution in [0.2, 0.25) is 5.02 Å². The van der Waals surface area contributed by atoms with Crippen LogP contribution in [0.25, 0.3) is 10.9 Å². The Kier molecular flexibility index (Phi) is 4.91. The first kappa shape index (κ1) is 18.0. The molecule has 6 nitrogen and oxygen atoms in total. The summed E-state index contributed by atoms with van der Waals surface area (Å²) in [6, 6.07) is 5.54. The van der Waals surface area contributed by atoms with Gasteiger partial charge in [-0.3, -0.25) is 9.78 Å². The van der Waals surface area contributed by atoms with Crippen LogP contribution in [0.5, 0.6) is 0 Å². The van der Waals surface area contributed by atoms with Crippen molar-refractivity contribution >= 4 is 34.5 Å². The number of carbonyl (C=O) groups is 2. The van der Waals surface area contributed by atoms with Gasteiger partial charge in [0, 0.05) is 42.8 Å². The number of carbonyl (C=O) groups excluding carboxylic acids is 2. The number of ether oxygens (including phenoxy) is 1. The SMILES string of the molecule is CCOC(=O)N1CCN(C(=O)c2ccc3c(Cl)c4c(nc3c2)CCC4)CC1. The molecule has 2 heterocycles. The molecule has 1 aliphatic carbocycles. The Bertz CT molecular complexity index is 907. The van der Waals surface area contributed by atoms with Crippen molar-refractivity contribution < 1.29 is 14.3 Å². The van der Waals surface area contributed by atoms with Gasteiger partial charge in [0.1, 0.15) is 0 Å². The topological polar surface area (TPSA) is 62.7 Å². The number of halogens is 1. The van der Waals surface area contributed by atoms with Crippen LogP contribution < -0.4 is 0 Å². The molecule has 2 amide bonds. The molecule has 0 atom stereocenters. The highest BCUT2D eigenvalue weighted by molar-refractivity contribution is 6.36. The van der Waals surface area contributed by atoms with Crippen LogP contribution in [0.3, 0.4) is 0 Å². The summed E-state index contributed by atoms with van der Waals surface area (Å²) in [5, 5.41) is 1.68. The lowest BCUT2D eigenvalue weighted by Crippen LogP contribution is -2.50. The fourth-order valence-electron chi connectivity index (χ4n) is 3.83. The van der Waals surface area contributed by atoms with E-state index in [2.05, 4.69) is 0 Å². The van der Waals surface area contributed by atoms with Crippen molar-refractivity contribution in [2.45, 2.75) is 26.2 Å². The maximum atomic E-state index is 12.9. The van der Waals surface area contributed by atoms with E-state index in [0.29, 0.717) is 38.3 Å². The predicted octanol–water partition coefficient (Wildman–Crippen LogP) is 3.29. The van der Waals surface area contributed by atoms with Gasteiger partial charge in [-0.05, 0) is 43.9 Å². The number of hydrogen-bond acceptors (Lipinski definition) is 4. The molecule has 27 heavy (non-hydrogen) atoms. The Morgan fingerprint density at radius 1 is 1.15 bits per heavy atom. The van der Waals surface area contributed by atoms with Gasteiger partial charge >= 0.3 is 6.09 Å². The zero-order chi connectivity index (χ0) is 19.0. The van der Waals surface area contributed by atoms with Crippen molar-refractivity contribution in [1.29, 1.82) is 0 Å². The molecule has 0 bridgehead atoms. The first-order valence-electron chi connectivity index (χ1n) is 9.40. The van der Waals surface area contributed by atoms with Crippen LogP contribution in [-0.2, 0) is 17.6 Å². The van der Waals surface area contributed by atoms with Crippen LogP contribution in [0.1, 0.15) is 35.0 Å². The van der Waals surface area contributed by atoms with E-state index in [1.807, 2.05) is 18.2 Å². The maximum Gasteiger partial charge on any atom is 0.409 e. The molecule has 2 aromatic rings. The zero-order valence-electron chi connectivity index (χ0n) is 15.3. The number of rotatable bonds is 2. The van der Waals surface area contributed by atoms with Gasteiger partial charge in [0.25, 0.3) is 5.91 Å². The lowest BCUT2D eigenvalue weighted by molar-refractivity contribution is 0.0570. The van der Waals surface area contributed by atoms with Crippen LogP contribution in [0.15, 0.2) is 18.2 Å². The fraction of sp³-hybridized carbons (Fsp3) is 0.450. The lowest BCUT2D eigenvalue weighted by Gasteiger charge is -2.34. The molecule has 142 valence electrons. The Balaban J connectivity index is 1.52. The number of amides is 2. The third-order valence-electron chi connectivity index (χ3n) is 5.28. The first-order chi connectivity index (χ1) is 13.1. The van der Waals surface area contributed by atoms with E-state index in [-0.39, 0.29) is 12.0 Å². The number of benzene rings is 1.